The molecule has 0 aromatic heterocycles. The molecule has 0 saturated carbocycles. The number of rotatable bonds is 1. The third kappa shape index (κ3) is 2.80. The number of nitrogens with zero attached hydrogens (tertiary/aromatic N) is 2. The Morgan fingerprint density at radius 1 is 1.47 bits per heavy atom. The highest BCUT2D eigenvalue weighted by molar-refractivity contribution is 9.10. The highest BCUT2D eigenvalue weighted by atomic mass is 79.9. The Balaban J connectivity index is 2.23. The quantitative estimate of drug-likeness (QED) is 0.866. The van der Waals surface area contributed by atoms with Crippen LogP contribution in [-0.2, 0) is 0 Å². The van der Waals surface area contributed by atoms with Crippen molar-refractivity contribution in [2.75, 3.05) is 18.0 Å². The van der Waals surface area contributed by atoms with Crippen molar-refractivity contribution in [2.45, 2.75) is 19.4 Å². The zero-order valence-corrected chi connectivity index (χ0v) is 11.3. The fourth-order valence-corrected chi connectivity index (χ4v) is 2.67. The molecule has 1 aliphatic heterocycles. The number of halogens is 1. The average molecular weight is 295 g/mol. The summed E-state index contributed by atoms with van der Waals surface area (Å²) in [6.45, 7) is 3.73. The van der Waals surface area contributed by atoms with Crippen LogP contribution in [0.3, 0.4) is 0 Å². The van der Waals surface area contributed by atoms with Crippen LogP contribution in [0.5, 0.6) is 0 Å². The maximum absolute atomic E-state index is 9.71. The Hall–Kier alpha value is -1.05. The molecule has 1 N–H and O–H groups in total. The van der Waals surface area contributed by atoms with Gasteiger partial charge in [0.15, 0.2) is 0 Å². The Kier molecular flexibility index (Phi) is 3.70. The molecule has 17 heavy (non-hydrogen) atoms. The van der Waals surface area contributed by atoms with Gasteiger partial charge in [0.1, 0.15) is 0 Å². The minimum Gasteiger partial charge on any atom is -0.393 e. The number of aliphatic hydroxyl groups is 1. The van der Waals surface area contributed by atoms with Crippen LogP contribution in [0.15, 0.2) is 22.7 Å². The summed E-state index contributed by atoms with van der Waals surface area (Å²) >= 11 is 3.42. The van der Waals surface area contributed by atoms with E-state index in [0.29, 0.717) is 5.56 Å². The van der Waals surface area contributed by atoms with E-state index in [-0.39, 0.29) is 12.0 Å². The van der Waals surface area contributed by atoms with Crippen LogP contribution >= 0.6 is 15.9 Å². The van der Waals surface area contributed by atoms with Crippen molar-refractivity contribution in [1.82, 2.24) is 0 Å². The minimum atomic E-state index is -0.200. The highest BCUT2D eigenvalue weighted by Gasteiger charge is 2.24. The maximum Gasteiger partial charge on any atom is 0.0992 e. The van der Waals surface area contributed by atoms with E-state index in [4.69, 9.17) is 5.26 Å². The third-order valence-corrected chi connectivity index (χ3v) is 3.69. The molecule has 90 valence electrons. The lowest BCUT2D eigenvalue weighted by atomic mass is 9.96. The molecule has 1 aromatic rings. The summed E-state index contributed by atoms with van der Waals surface area (Å²) in [5.74, 6) is 0.272. The van der Waals surface area contributed by atoms with E-state index in [9.17, 15) is 5.11 Å². The lowest BCUT2D eigenvalue weighted by molar-refractivity contribution is 0.0971. The Bertz CT molecular complexity index is 455. The van der Waals surface area contributed by atoms with Crippen LogP contribution in [0, 0.1) is 17.2 Å². The number of benzene rings is 1. The fraction of sp³-hybridized carbons (Fsp3) is 0.462. The Morgan fingerprint density at radius 2 is 2.24 bits per heavy atom. The first kappa shape index (κ1) is 12.4. The van der Waals surface area contributed by atoms with Gasteiger partial charge in [-0.25, -0.2) is 0 Å². The van der Waals surface area contributed by atoms with Gasteiger partial charge >= 0.3 is 0 Å². The van der Waals surface area contributed by atoms with E-state index in [2.05, 4.69) is 33.8 Å². The van der Waals surface area contributed by atoms with Crippen LogP contribution < -0.4 is 4.90 Å². The van der Waals surface area contributed by atoms with Crippen molar-refractivity contribution in [2.24, 2.45) is 5.92 Å². The molecule has 1 saturated heterocycles. The monoisotopic (exact) mass is 294 g/mol. The largest absolute Gasteiger partial charge is 0.393 e. The van der Waals surface area contributed by atoms with Gasteiger partial charge in [0.2, 0.25) is 0 Å². The van der Waals surface area contributed by atoms with E-state index in [1.54, 1.807) is 0 Å². The average Bonchev–Trinajstić information content (AvgIpc) is 2.32. The molecule has 1 aliphatic rings. The molecule has 0 bridgehead atoms. The summed E-state index contributed by atoms with van der Waals surface area (Å²) in [6.07, 6.45) is 0.587. The molecule has 0 amide bonds. The molecule has 0 spiro atoms. The molecule has 1 aromatic carbocycles. The zero-order valence-electron chi connectivity index (χ0n) is 9.73. The second-order valence-corrected chi connectivity index (χ2v) is 5.50. The molecule has 1 fully saturated rings. The van der Waals surface area contributed by atoms with E-state index in [1.165, 1.54) is 0 Å². The van der Waals surface area contributed by atoms with Crippen molar-refractivity contribution in [3.8, 4) is 6.07 Å². The van der Waals surface area contributed by atoms with Crippen LogP contribution in [0.2, 0.25) is 0 Å². The van der Waals surface area contributed by atoms with Crippen molar-refractivity contribution < 1.29 is 5.11 Å². The summed E-state index contributed by atoms with van der Waals surface area (Å²) in [5.41, 5.74) is 1.71. The first-order valence-electron chi connectivity index (χ1n) is 5.74. The van der Waals surface area contributed by atoms with E-state index < -0.39 is 0 Å². The third-order valence-electron chi connectivity index (χ3n) is 3.24. The number of piperidine rings is 1. The molecular formula is C13H15BrN2O. The smallest absolute Gasteiger partial charge is 0.0992 e. The lowest BCUT2D eigenvalue weighted by Crippen LogP contribution is -2.41. The van der Waals surface area contributed by atoms with Crippen LogP contribution in [-0.4, -0.2) is 24.3 Å². The van der Waals surface area contributed by atoms with Crippen LogP contribution in [0.1, 0.15) is 18.9 Å². The predicted molar refractivity (Wildman–Crippen MR) is 70.9 cm³/mol. The molecule has 2 rings (SSSR count). The standard InChI is InChI=1S/C13H15BrN2O/c1-9-8-16(3-2-13(9)17)12-5-10(7-15)4-11(14)6-12/h4-6,9,13,17H,2-3,8H2,1H3. The molecule has 2 atom stereocenters. The summed E-state index contributed by atoms with van der Waals surface area (Å²) in [6, 6.07) is 7.89. The van der Waals surface area contributed by atoms with Crippen molar-refractivity contribution in [3.63, 3.8) is 0 Å². The van der Waals surface area contributed by atoms with E-state index in [1.807, 2.05) is 18.2 Å². The van der Waals surface area contributed by atoms with Gasteiger partial charge in [-0.05, 0) is 30.5 Å². The first-order chi connectivity index (χ1) is 8.10. The van der Waals surface area contributed by atoms with Gasteiger partial charge in [-0.2, -0.15) is 5.26 Å². The van der Waals surface area contributed by atoms with Gasteiger partial charge in [-0.1, -0.05) is 22.9 Å². The summed E-state index contributed by atoms with van der Waals surface area (Å²) in [5, 5.41) is 18.7. The molecule has 0 aliphatic carbocycles. The zero-order chi connectivity index (χ0) is 12.4. The van der Waals surface area contributed by atoms with Crippen molar-refractivity contribution in [3.05, 3.63) is 28.2 Å². The SMILES string of the molecule is CC1CN(c2cc(Br)cc(C#N)c2)CCC1O. The predicted octanol–water partition coefficient (Wildman–Crippen LogP) is 2.53. The van der Waals surface area contributed by atoms with Gasteiger partial charge in [-0.15, -0.1) is 0 Å². The van der Waals surface area contributed by atoms with Crippen LogP contribution in [0.25, 0.3) is 0 Å². The summed E-state index contributed by atoms with van der Waals surface area (Å²) in [4.78, 5) is 2.23. The second-order valence-electron chi connectivity index (χ2n) is 4.59. The molecule has 4 heteroatoms. The molecule has 0 radical (unpaired) electrons. The minimum absolute atomic E-state index is 0.200. The van der Waals surface area contributed by atoms with Crippen LogP contribution in [0.4, 0.5) is 5.69 Å². The number of aliphatic hydroxyl groups excluding tert-OH is 1. The molecule has 3 nitrogen and oxygen atoms in total. The number of hydrogen-bond donors (Lipinski definition) is 1. The number of hydrogen-bond acceptors (Lipinski definition) is 3. The second kappa shape index (κ2) is 5.07. The number of anilines is 1. The van der Waals surface area contributed by atoms with Gasteiger partial charge in [-0.3, -0.25) is 0 Å². The Labute approximate surface area is 110 Å². The topological polar surface area (TPSA) is 47.3 Å². The fourth-order valence-electron chi connectivity index (χ4n) is 2.19. The Morgan fingerprint density at radius 3 is 2.88 bits per heavy atom. The molecule has 1 heterocycles. The van der Waals surface area contributed by atoms with E-state index in [0.717, 1.165) is 29.7 Å². The van der Waals surface area contributed by atoms with Gasteiger partial charge in [0, 0.05) is 23.2 Å². The molecule has 2 unspecified atom stereocenters. The molecular weight excluding hydrogens is 280 g/mol. The van der Waals surface area contributed by atoms with Gasteiger partial charge < -0.3 is 10.0 Å². The maximum atomic E-state index is 9.71. The normalized spacial score (nSPS) is 24.5. The van der Waals surface area contributed by atoms with E-state index >= 15 is 0 Å². The number of nitriles is 1. The first-order valence-corrected chi connectivity index (χ1v) is 6.53. The highest BCUT2D eigenvalue weighted by Crippen LogP contribution is 2.27. The van der Waals surface area contributed by atoms with Gasteiger partial charge in [0.05, 0.1) is 17.7 Å². The van der Waals surface area contributed by atoms with Gasteiger partial charge in [0.25, 0.3) is 0 Å². The van der Waals surface area contributed by atoms with Crippen molar-refractivity contribution in [1.29, 1.82) is 5.26 Å². The summed E-state index contributed by atoms with van der Waals surface area (Å²) < 4.78 is 0.922. The lowest BCUT2D eigenvalue weighted by Gasteiger charge is -2.36. The van der Waals surface area contributed by atoms with Crippen molar-refractivity contribution >= 4 is 21.6 Å². The summed E-state index contributed by atoms with van der Waals surface area (Å²) in [7, 11) is 0.